The summed E-state index contributed by atoms with van der Waals surface area (Å²) < 4.78 is 1.42. The van der Waals surface area contributed by atoms with Crippen LogP contribution in [0.5, 0.6) is 11.5 Å². The van der Waals surface area contributed by atoms with Crippen LogP contribution in [-0.2, 0) is 0 Å². The molecule has 37 heavy (non-hydrogen) atoms. The number of phenolic OH excluding ortho intramolecular Hbond substituents is 1. The van der Waals surface area contributed by atoms with E-state index in [0.29, 0.717) is 0 Å². The van der Waals surface area contributed by atoms with Crippen LogP contribution in [-0.4, -0.2) is 45.6 Å². The molecule has 0 amide bonds. The Morgan fingerprint density at radius 1 is 0.622 bits per heavy atom. The van der Waals surface area contributed by atoms with Crippen molar-refractivity contribution in [2.24, 2.45) is 0 Å². The second kappa shape index (κ2) is 19.9. The number of quaternary nitrogens is 1. The third kappa shape index (κ3) is 15.5. The molecule has 0 aliphatic heterocycles. The zero-order valence-electron chi connectivity index (χ0n) is 22.9. The molecular weight excluding hydrogens is 474 g/mol. The number of benzene rings is 2. The lowest BCUT2D eigenvalue weighted by atomic mass is 10.1. The molecule has 2 aromatic carbocycles. The van der Waals surface area contributed by atoms with E-state index in [1.165, 1.54) is 118 Å². The van der Waals surface area contributed by atoms with Gasteiger partial charge in [0, 0.05) is 24.3 Å². The highest BCUT2D eigenvalue weighted by molar-refractivity contribution is 5.35. The normalized spacial score (nSPS) is 10.5. The average Bonchev–Trinajstić information content (AvgIpc) is 2.89. The predicted octanol–water partition coefficient (Wildman–Crippen LogP) is 6.97. The van der Waals surface area contributed by atoms with E-state index >= 15 is 0 Å². The molecule has 0 atom stereocenters. The first-order chi connectivity index (χ1) is 17.6. The Hall–Kier alpha value is -3.20. The molecule has 0 saturated carbocycles. The summed E-state index contributed by atoms with van der Waals surface area (Å²) in [5.74, 6) is -0.184. The zero-order valence-corrected chi connectivity index (χ0v) is 22.9. The van der Waals surface area contributed by atoms with Gasteiger partial charge in [0.25, 0.3) is 11.4 Å². The molecule has 0 unspecified atom stereocenters. The van der Waals surface area contributed by atoms with Crippen LogP contribution in [0.25, 0.3) is 0 Å². The highest BCUT2D eigenvalue weighted by Gasteiger charge is 2.24. The minimum Gasteiger partial charge on any atom is -0.872 e. The summed E-state index contributed by atoms with van der Waals surface area (Å²) in [5.41, 5.74) is -0.0719. The predicted molar refractivity (Wildman–Crippen MR) is 147 cm³/mol. The Bertz CT molecular complexity index is 779. The first-order valence-corrected chi connectivity index (χ1v) is 13.3. The van der Waals surface area contributed by atoms with Crippen LogP contribution in [0, 0.1) is 20.2 Å². The molecule has 0 heterocycles. The quantitative estimate of drug-likeness (QED) is 0.163. The fourth-order valence-corrected chi connectivity index (χ4v) is 3.79. The molecule has 0 aliphatic rings. The van der Waals surface area contributed by atoms with E-state index in [-0.39, 0.29) is 22.9 Å². The standard InChI is InChI=1S/C16H36N.2C6H5NO3/c1-5-9-13-17(14-10-6-2,15-11-7-3)16-12-8-4;2*8-6-3-1-5(2-4-6)7(9)10/h5-16H2,1-4H3;2*1-4,8H/q+1;;/p-1. The second-order valence-corrected chi connectivity index (χ2v) is 9.17. The second-order valence-electron chi connectivity index (χ2n) is 9.17. The number of unbranched alkanes of at least 4 members (excludes halogenated alkanes) is 4. The van der Waals surface area contributed by atoms with Gasteiger partial charge in [0.05, 0.1) is 36.0 Å². The van der Waals surface area contributed by atoms with Gasteiger partial charge in [-0.1, -0.05) is 65.5 Å². The Balaban J connectivity index is 0.000000555. The Morgan fingerprint density at radius 2 is 0.919 bits per heavy atom. The van der Waals surface area contributed by atoms with E-state index in [0.717, 1.165) is 12.1 Å². The minimum absolute atomic E-state index is 0.0159. The average molecular weight is 520 g/mol. The van der Waals surface area contributed by atoms with E-state index in [1.54, 1.807) is 0 Å². The summed E-state index contributed by atoms with van der Waals surface area (Å²) in [4.78, 5) is 19.0. The van der Waals surface area contributed by atoms with Crippen LogP contribution >= 0.6 is 0 Å². The summed E-state index contributed by atoms with van der Waals surface area (Å²) in [6, 6.07) is 9.74. The maximum atomic E-state index is 10.4. The lowest BCUT2D eigenvalue weighted by molar-refractivity contribution is -0.929. The van der Waals surface area contributed by atoms with Gasteiger partial charge in [-0.05, 0) is 37.8 Å². The van der Waals surface area contributed by atoms with E-state index in [4.69, 9.17) is 5.11 Å². The van der Waals surface area contributed by atoms with Crippen molar-refractivity contribution in [1.29, 1.82) is 0 Å². The Morgan fingerprint density at radius 3 is 1.19 bits per heavy atom. The fourth-order valence-electron chi connectivity index (χ4n) is 3.79. The van der Waals surface area contributed by atoms with Crippen molar-refractivity contribution in [2.45, 2.75) is 79.1 Å². The summed E-state index contributed by atoms with van der Waals surface area (Å²) in [5, 5.41) is 39.2. The molecule has 0 fully saturated rings. The number of rotatable bonds is 14. The number of nitrogens with zero attached hydrogens (tertiary/aromatic N) is 3. The highest BCUT2D eigenvalue weighted by atomic mass is 16.6. The van der Waals surface area contributed by atoms with Crippen molar-refractivity contribution in [1.82, 2.24) is 0 Å². The number of non-ortho nitro benzene ring substituents is 2. The summed E-state index contributed by atoms with van der Waals surface area (Å²) in [7, 11) is 0. The molecule has 2 aromatic rings. The molecule has 0 aliphatic carbocycles. The van der Waals surface area contributed by atoms with Crippen molar-refractivity contribution < 1.29 is 24.5 Å². The van der Waals surface area contributed by atoms with Crippen LogP contribution < -0.4 is 5.11 Å². The van der Waals surface area contributed by atoms with Gasteiger partial charge < -0.3 is 14.7 Å². The van der Waals surface area contributed by atoms with Gasteiger partial charge in [0.15, 0.2) is 0 Å². The molecule has 208 valence electrons. The van der Waals surface area contributed by atoms with Gasteiger partial charge in [0.2, 0.25) is 0 Å². The number of nitro groups is 2. The van der Waals surface area contributed by atoms with Crippen LogP contribution in [0.2, 0.25) is 0 Å². The number of nitro benzene ring substituents is 2. The zero-order chi connectivity index (χ0) is 28.1. The van der Waals surface area contributed by atoms with Crippen LogP contribution in [0.15, 0.2) is 48.5 Å². The largest absolute Gasteiger partial charge is 0.872 e. The van der Waals surface area contributed by atoms with Crippen molar-refractivity contribution in [2.75, 3.05) is 26.2 Å². The molecule has 9 nitrogen and oxygen atoms in total. The van der Waals surface area contributed by atoms with E-state index < -0.39 is 9.85 Å². The maximum Gasteiger partial charge on any atom is 0.269 e. The van der Waals surface area contributed by atoms with Crippen molar-refractivity contribution in [3.05, 3.63) is 68.8 Å². The molecule has 0 aromatic heterocycles. The molecule has 2 rings (SSSR count). The van der Waals surface area contributed by atoms with Gasteiger partial charge in [-0.2, -0.15) is 0 Å². The molecule has 0 bridgehead atoms. The Kier molecular flexibility index (Phi) is 18.2. The Labute approximate surface area is 221 Å². The van der Waals surface area contributed by atoms with Gasteiger partial charge >= 0.3 is 0 Å². The molecule has 9 heteroatoms. The molecular formula is C28H45N3O6. The summed E-state index contributed by atoms with van der Waals surface area (Å²) in [6.07, 6.45) is 11.1. The van der Waals surface area contributed by atoms with Crippen molar-refractivity contribution in [3.63, 3.8) is 0 Å². The SMILES string of the molecule is CCCC[N+](CCCC)(CCCC)CCCC.O=[N+]([O-])c1ccc(O)cc1.O=[N+]([O-])c1ccc([O-])cc1. The van der Waals surface area contributed by atoms with E-state index in [1.807, 2.05) is 0 Å². The lowest BCUT2D eigenvalue weighted by Crippen LogP contribution is -2.50. The van der Waals surface area contributed by atoms with Crippen LogP contribution in [0.3, 0.4) is 0 Å². The van der Waals surface area contributed by atoms with Gasteiger partial charge in [-0.3, -0.25) is 20.2 Å². The van der Waals surface area contributed by atoms with Crippen LogP contribution in [0.4, 0.5) is 11.4 Å². The van der Waals surface area contributed by atoms with Gasteiger partial charge in [0.1, 0.15) is 5.75 Å². The molecule has 0 radical (unpaired) electrons. The summed E-state index contributed by atoms with van der Waals surface area (Å²) >= 11 is 0. The topological polar surface area (TPSA) is 130 Å². The van der Waals surface area contributed by atoms with E-state index in [9.17, 15) is 25.3 Å². The summed E-state index contributed by atoms with van der Waals surface area (Å²) in [6.45, 7) is 15.0. The van der Waals surface area contributed by atoms with Crippen molar-refractivity contribution in [3.8, 4) is 11.5 Å². The molecule has 0 saturated heterocycles. The third-order valence-corrected chi connectivity index (χ3v) is 6.05. The number of hydrogen-bond acceptors (Lipinski definition) is 6. The van der Waals surface area contributed by atoms with Gasteiger partial charge in [-0.25, -0.2) is 0 Å². The first kappa shape index (κ1) is 33.8. The molecule has 1 N–H and O–H groups in total. The smallest absolute Gasteiger partial charge is 0.269 e. The lowest BCUT2D eigenvalue weighted by Gasteiger charge is -2.39. The van der Waals surface area contributed by atoms with Crippen molar-refractivity contribution >= 4 is 11.4 Å². The monoisotopic (exact) mass is 519 g/mol. The number of hydrogen-bond donors (Lipinski definition) is 1. The van der Waals surface area contributed by atoms with E-state index in [2.05, 4.69) is 27.7 Å². The third-order valence-electron chi connectivity index (χ3n) is 6.05. The van der Waals surface area contributed by atoms with Gasteiger partial charge in [-0.15, -0.1) is 5.75 Å². The highest BCUT2D eigenvalue weighted by Crippen LogP contribution is 2.17. The van der Waals surface area contributed by atoms with Crippen LogP contribution in [0.1, 0.15) is 79.1 Å². The molecule has 0 spiro atoms. The minimum atomic E-state index is -0.542. The maximum absolute atomic E-state index is 10.4. The fraction of sp³-hybridized carbons (Fsp3) is 0.571. The number of phenols is 1. The first-order valence-electron chi connectivity index (χ1n) is 13.3. The number of aromatic hydroxyl groups is 1.